The van der Waals surface area contributed by atoms with Crippen molar-refractivity contribution in [1.29, 1.82) is 0 Å². The topological polar surface area (TPSA) is 66.1 Å². The predicted octanol–water partition coefficient (Wildman–Crippen LogP) is 2.46. The number of nitrogens with two attached hydrogens (primary N) is 1. The Morgan fingerprint density at radius 2 is 2.13 bits per heavy atom. The molecule has 0 amide bonds. The number of hydrogen-bond donors (Lipinski definition) is 2. The lowest BCUT2D eigenvalue weighted by molar-refractivity contribution is -0.0250. The van der Waals surface area contributed by atoms with Crippen molar-refractivity contribution in [2.24, 2.45) is 16.6 Å². The molecule has 8 heteroatoms. The summed E-state index contributed by atoms with van der Waals surface area (Å²) in [6.45, 7) is 4.33. The lowest BCUT2D eigenvalue weighted by atomic mass is 9.87. The molecule has 1 fully saturated rings. The van der Waals surface area contributed by atoms with Crippen molar-refractivity contribution in [2.75, 3.05) is 26.7 Å². The van der Waals surface area contributed by atoms with Crippen LogP contribution in [0.25, 0.3) is 0 Å². The van der Waals surface area contributed by atoms with Gasteiger partial charge in [0.1, 0.15) is 17.7 Å². The monoisotopic (exact) mass is 415 g/mol. The van der Waals surface area contributed by atoms with Crippen LogP contribution in [0.3, 0.4) is 0 Å². The van der Waals surface area contributed by atoms with E-state index in [0.29, 0.717) is 13.0 Å². The maximum absolute atomic E-state index is 14.2. The summed E-state index contributed by atoms with van der Waals surface area (Å²) in [7, 11) is 2.09. The van der Waals surface area contributed by atoms with Crippen LogP contribution in [-0.4, -0.2) is 54.7 Å². The Kier molecular flexibility index (Phi) is 4.88. The molecule has 6 nitrogen and oxygen atoms in total. The number of hydrogen-bond acceptors (Lipinski definition) is 6. The number of halogens is 2. The fraction of sp³-hybridized carbons (Fsp3) is 0.500. The summed E-state index contributed by atoms with van der Waals surface area (Å²) in [5, 5.41) is 7.89. The first-order chi connectivity index (χ1) is 14.4. The molecule has 0 bridgehead atoms. The normalized spacial score (nSPS) is 31.4. The quantitative estimate of drug-likeness (QED) is 0.777. The van der Waals surface area contributed by atoms with Gasteiger partial charge in [0.05, 0.1) is 12.6 Å². The maximum Gasteiger partial charge on any atom is 0.154 e. The molecular formula is C22H27F2N5O. The third-order valence-electron chi connectivity index (χ3n) is 6.53. The average Bonchev–Trinajstić information content (AvgIpc) is 3.03. The highest BCUT2D eigenvalue weighted by molar-refractivity contribution is 6.02. The van der Waals surface area contributed by atoms with E-state index in [1.165, 1.54) is 17.3 Å². The molecule has 1 aromatic carbocycles. The lowest BCUT2D eigenvalue weighted by Crippen LogP contribution is -2.46. The molecule has 4 aliphatic heterocycles. The molecule has 30 heavy (non-hydrogen) atoms. The molecule has 4 atom stereocenters. The number of fused-ring (bicyclic) bond motifs is 2. The maximum atomic E-state index is 14.2. The van der Waals surface area contributed by atoms with Crippen molar-refractivity contribution >= 4 is 5.84 Å². The summed E-state index contributed by atoms with van der Waals surface area (Å²) in [6, 6.07) is 3.13. The van der Waals surface area contributed by atoms with Gasteiger partial charge in [-0.05, 0) is 37.6 Å². The van der Waals surface area contributed by atoms with E-state index in [0.717, 1.165) is 43.2 Å². The number of aliphatic imine (C=N–C) groups is 1. The zero-order chi connectivity index (χ0) is 21.0. The third kappa shape index (κ3) is 3.14. The number of hydrazine groups is 1. The minimum Gasteiger partial charge on any atom is -0.371 e. The molecule has 4 aliphatic rings. The van der Waals surface area contributed by atoms with Gasteiger partial charge in [-0.2, -0.15) is 0 Å². The van der Waals surface area contributed by atoms with E-state index in [1.54, 1.807) is 0 Å². The van der Waals surface area contributed by atoms with Gasteiger partial charge in [0.25, 0.3) is 0 Å². The number of benzene rings is 1. The molecule has 0 aromatic heterocycles. The van der Waals surface area contributed by atoms with Crippen LogP contribution < -0.4 is 11.1 Å². The summed E-state index contributed by atoms with van der Waals surface area (Å²) < 4.78 is 33.8. The Bertz CT molecular complexity index is 959. The molecule has 4 heterocycles. The van der Waals surface area contributed by atoms with Crippen LogP contribution in [0.15, 0.2) is 46.2 Å². The fourth-order valence-corrected chi connectivity index (χ4v) is 5.06. The number of amidine groups is 1. The second-order valence-electron chi connectivity index (χ2n) is 8.50. The summed E-state index contributed by atoms with van der Waals surface area (Å²) in [5.74, 6) is 0.0399. The Morgan fingerprint density at radius 1 is 1.30 bits per heavy atom. The van der Waals surface area contributed by atoms with Crippen LogP contribution in [0, 0.1) is 17.6 Å². The summed E-state index contributed by atoms with van der Waals surface area (Å²) in [5.41, 5.74) is 10.1. The molecule has 160 valence electrons. The highest BCUT2D eigenvalue weighted by Gasteiger charge is 2.40. The highest BCUT2D eigenvalue weighted by atomic mass is 19.1. The number of rotatable bonds is 2. The van der Waals surface area contributed by atoms with Crippen LogP contribution >= 0.6 is 0 Å². The van der Waals surface area contributed by atoms with Crippen molar-refractivity contribution in [3.8, 4) is 0 Å². The summed E-state index contributed by atoms with van der Waals surface area (Å²) in [4.78, 5) is 5.01. The van der Waals surface area contributed by atoms with Gasteiger partial charge in [-0.1, -0.05) is 0 Å². The standard InChI is InChI=1S/C22H27F2N5O/c1-12-7-19(27-22-16-10-26-6-5-20(16)28(2)29(12)22)13-8-18(25)21(30-11-13)15-9-14(23)3-4-17(15)24/h3-4,7,9,12-13,18,21,26H,5-6,8,10-11,25H2,1-2H3/t12?,13-,18-,21+/m0/s1. The van der Waals surface area contributed by atoms with Crippen molar-refractivity contribution in [3.05, 3.63) is 58.4 Å². The number of nitrogens with zero attached hydrogens (tertiary/aromatic N) is 3. The molecule has 0 aliphatic carbocycles. The predicted molar refractivity (Wildman–Crippen MR) is 110 cm³/mol. The average molecular weight is 415 g/mol. The van der Waals surface area contributed by atoms with E-state index in [9.17, 15) is 8.78 Å². The van der Waals surface area contributed by atoms with Crippen LogP contribution in [0.4, 0.5) is 8.78 Å². The van der Waals surface area contributed by atoms with E-state index in [-0.39, 0.29) is 17.5 Å². The van der Waals surface area contributed by atoms with Gasteiger partial charge in [-0.15, -0.1) is 0 Å². The third-order valence-corrected chi connectivity index (χ3v) is 6.53. The van der Waals surface area contributed by atoms with Gasteiger partial charge in [0, 0.05) is 61.0 Å². The zero-order valence-electron chi connectivity index (χ0n) is 17.2. The van der Waals surface area contributed by atoms with E-state index in [1.807, 2.05) is 0 Å². The van der Waals surface area contributed by atoms with Crippen LogP contribution in [-0.2, 0) is 4.74 Å². The van der Waals surface area contributed by atoms with Gasteiger partial charge < -0.3 is 15.8 Å². The zero-order valence-corrected chi connectivity index (χ0v) is 17.2. The van der Waals surface area contributed by atoms with Crippen molar-refractivity contribution in [1.82, 2.24) is 15.3 Å². The molecular weight excluding hydrogens is 388 g/mol. The van der Waals surface area contributed by atoms with Crippen molar-refractivity contribution < 1.29 is 13.5 Å². The Hall–Kier alpha value is -2.29. The Balaban J connectivity index is 1.38. The molecule has 0 radical (unpaired) electrons. The highest BCUT2D eigenvalue weighted by Crippen LogP contribution is 2.39. The number of nitrogens with one attached hydrogen (secondary N) is 1. The van der Waals surface area contributed by atoms with E-state index in [2.05, 4.69) is 35.4 Å². The molecule has 0 saturated carbocycles. The van der Waals surface area contributed by atoms with Gasteiger partial charge in [0.15, 0.2) is 5.84 Å². The van der Waals surface area contributed by atoms with Gasteiger partial charge in [-0.25, -0.2) is 13.8 Å². The molecule has 0 spiro atoms. The summed E-state index contributed by atoms with van der Waals surface area (Å²) in [6.07, 6.45) is 3.10. The van der Waals surface area contributed by atoms with Crippen molar-refractivity contribution in [3.63, 3.8) is 0 Å². The molecule has 1 aromatic rings. The van der Waals surface area contributed by atoms with E-state index in [4.69, 9.17) is 15.5 Å². The second-order valence-corrected chi connectivity index (χ2v) is 8.50. The molecule has 1 saturated heterocycles. The minimum atomic E-state index is -0.655. The molecule has 5 rings (SSSR count). The molecule has 3 N–H and O–H groups in total. The van der Waals surface area contributed by atoms with E-state index >= 15 is 0 Å². The largest absolute Gasteiger partial charge is 0.371 e. The first kappa shape index (κ1) is 19.7. The molecule has 1 unspecified atom stereocenters. The first-order valence-corrected chi connectivity index (χ1v) is 10.5. The van der Waals surface area contributed by atoms with Gasteiger partial charge in [0.2, 0.25) is 0 Å². The number of ether oxygens (including phenoxy) is 1. The SMILES string of the molecule is CC1C=C([C@@H]2CO[C@H](c3cc(F)ccc3F)[C@@H](N)C2)N=C2C3=C(CCNC3)N(C)N21. The van der Waals surface area contributed by atoms with Crippen LogP contribution in [0.5, 0.6) is 0 Å². The second kappa shape index (κ2) is 7.44. The van der Waals surface area contributed by atoms with Crippen molar-refractivity contribution in [2.45, 2.75) is 38.0 Å². The Morgan fingerprint density at radius 3 is 2.93 bits per heavy atom. The van der Waals surface area contributed by atoms with Gasteiger partial charge >= 0.3 is 0 Å². The van der Waals surface area contributed by atoms with Gasteiger partial charge in [-0.3, -0.25) is 10.0 Å². The minimum absolute atomic E-state index is 0.0245. The summed E-state index contributed by atoms with van der Waals surface area (Å²) >= 11 is 0. The first-order valence-electron chi connectivity index (χ1n) is 10.5. The van der Waals surface area contributed by atoms with Crippen LogP contribution in [0.1, 0.15) is 31.4 Å². The Labute approximate surface area is 175 Å². The van der Waals surface area contributed by atoms with Crippen LogP contribution in [0.2, 0.25) is 0 Å². The van der Waals surface area contributed by atoms with E-state index < -0.39 is 23.8 Å². The fourth-order valence-electron chi connectivity index (χ4n) is 5.06. The lowest BCUT2D eigenvalue weighted by Gasteiger charge is -2.39. The smallest absolute Gasteiger partial charge is 0.154 e.